The van der Waals surface area contributed by atoms with Crippen molar-refractivity contribution in [1.29, 1.82) is 0 Å². The summed E-state index contributed by atoms with van der Waals surface area (Å²) in [6.45, 7) is 1.83. The predicted molar refractivity (Wildman–Crippen MR) is 109 cm³/mol. The lowest BCUT2D eigenvalue weighted by Gasteiger charge is -2.11. The number of urea groups is 1. The van der Waals surface area contributed by atoms with Crippen LogP contribution in [0.3, 0.4) is 0 Å². The van der Waals surface area contributed by atoms with E-state index in [0.29, 0.717) is 22.6 Å². The topological polar surface area (TPSA) is 106 Å². The van der Waals surface area contributed by atoms with Crippen LogP contribution >= 0.6 is 0 Å². The van der Waals surface area contributed by atoms with Crippen LogP contribution in [0.25, 0.3) is 17.4 Å². The van der Waals surface area contributed by atoms with E-state index in [9.17, 15) is 19.7 Å². The summed E-state index contributed by atoms with van der Waals surface area (Å²) >= 11 is 0. The van der Waals surface area contributed by atoms with E-state index in [2.05, 4.69) is 5.32 Å². The number of rotatable bonds is 5. The van der Waals surface area contributed by atoms with Gasteiger partial charge in [-0.3, -0.25) is 19.8 Å². The van der Waals surface area contributed by atoms with E-state index in [-0.39, 0.29) is 17.9 Å². The number of nitro groups is 1. The first-order valence-corrected chi connectivity index (χ1v) is 9.16. The van der Waals surface area contributed by atoms with Crippen LogP contribution in [0.2, 0.25) is 0 Å². The van der Waals surface area contributed by atoms with Gasteiger partial charge >= 0.3 is 6.03 Å². The summed E-state index contributed by atoms with van der Waals surface area (Å²) in [6, 6.07) is 16.8. The number of hydrogen-bond donors (Lipinski definition) is 1. The minimum absolute atomic E-state index is 0.00130. The average Bonchev–Trinajstić information content (AvgIpc) is 3.29. The van der Waals surface area contributed by atoms with E-state index >= 15 is 0 Å². The fraction of sp³-hybridized carbons (Fsp3) is 0.0909. The molecule has 4 rings (SSSR count). The van der Waals surface area contributed by atoms with Crippen LogP contribution in [0.4, 0.5) is 10.5 Å². The van der Waals surface area contributed by atoms with Crippen LogP contribution in [-0.4, -0.2) is 21.8 Å². The summed E-state index contributed by atoms with van der Waals surface area (Å²) < 4.78 is 5.72. The van der Waals surface area contributed by atoms with Gasteiger partial charge in [-0.2, -0.15) is 0 Å². The molecular weight excluding hydrogens is 386 g/mol. The zero-order chi connectivity index (χ0) is 21.3. The Morgan fingerprint density at radius 3 is 2.60 bits per heavy atom. The van der Waals surface area contributed by atoms with Gasteiger partial charge in [-0.15, -0.1) is 0 Å². The van der Waals surface area contributed by atoms with Gasteiger partial charge in [-0.1, -0.05) is 42.5 Å². The number of nitrogens with one attached hydrogen (secondary N) is 1. The molecule has 2 heterocycles. The molecule has 1 saturated heterocycles. The molecule has 1 N–H and O–H groups in total. The maximum atomic E-state index is 12.6. The average molecular weight is 403 g/mol. The number of imide groups is 1. The van der Waals surface area contributed by atoms with Gasteiger partial charge in [0.2, 0.25) is 0 Å². The lowest BCUT2D eigenvalue weighted by Crippen LogP contribution is -2.30. The molecule has 0 saturated carbocycles. The lowest BCUT2D eigenvalue weighted by atomic mass is 10.1. The van der Waals surface area contributed by atoms with E-state index in [0.717, 1.165) is 10.5 Å². The molecule has 2 aromatic carbocycles. The second kappa shape index (κ2) is 7.67. The number of benzene rings is 2. The number of carbonyl (C=O) groups excluding carboxylic acids is 2. The monoisotopic (exact) mass is 403 g/mol. The molecule has 1 aromatic heterocycles. The quantitative estimate of drug-likeness (QED) is 0.297. The third kappa shape index (κ3) is 3.70. The number of aryl methyl sites for hydroxylation is 1. The number of nitro benzene ring substituents is 1. The highest BCUT2D eigenvalue weighted by molar-refractivity contribution is 6.13. The molecule has 3 amide bonds. The van der Waals surface area contributed by atoms with Gasteiger partial charge in [-0.05, 0) is 24.6 Å². The van der Waals surface area contributed by atoms with E-state index in [4.69, 9.17) is 4.42 Å². The Morgan fingerprint density at radius 1 is 1.10 bits per heavy atom. The second-order valence-electron chi connectivity index (χ2n) is 6.83. The molecule has 0 spiro atoms. The Hall–Kier alpha value is -4.20. The van der Waals surface area contributed by atoms with Gasteiger partial charge in [0.1, 0.15) is 17.2 Å². The molecule has 1 aliphatic rings. The van der Waals surface area contributed by atoms with E-state index in [1.54, 1.807) is 31.2 Å². The first-order chi connectivity index (χ1) is 14.4. The standard InChI is InChI=1S/C22H17N3O5/c1-14-7-8-16(11-19(14)25(28)29)20-10-9-17(30-20)12-18-21(26)24(22(27)23-18)13-15-5-3-2-4-6-15/h2-12H,13H2,1H3,(H,23,27)/b18-12+. The van der Waals surface area contributed by atoms with E-state index < -0.39 is 16.9 Å². The van der Waals surface area contributed by atoms with Crippen molar-refractivity contribution in [2.75, 3.05) is 0 Å². The van der Waals surface area contributed by atoms with Crippen LogP contribution in [0.15, 0.2) is 70.8 Å². The number of hydrogen-bond acceptors (Lipinski definition) is 5. The summed E-state index contributed by atoms with van der Waals surface area (Å²) in [7, 11) is 0. The normalized spacial score (nSPS) is 15.0. The van der Waals surface area contributed by atoms with Gasteiger partial charge in [-0.25, -0.2) is 4.79 Å². The maximum absolute atomic E-state index is 12.6. The van der Waals surface area contributed by atoms with Crippen molar-refractivity contribution in [3.63, 3.8) is 0 Å². The van der Waals surface area contributed by atoms with Crippen molar-refractivity contribution in [3.8, 4) is 11.3 Å². The molecule has 8 nitrogen and oxygen atoms in total. The van der Waals surface area contributed by atoms with Crippen LogP contribution in [0, 0.1) is 17.0 Å². The summed E-state index contributed by atoms with van der Waals surface area (Å²) in [5.74, 6) is 0.314. The number of furan rings is 1. The van der Waals surface area contributed by atoms with Crippen LogP contribution in [-0.2, 0) is 11.3 Å². The molecule has 8 heteroatoms. The maximum Gasteiger partial charge on any atom is 0.329 e. The largest absolute Gasteiger partial charge is 0.457 e. The molecule has 150 valence electrons. The van der Waals surface area contributed by atoms with E-state index in [1.807, 2.05) is 30.3 Å². The Labute approximate surface area is 171 Å². The molecule has 0 radical (unpaired) electrons. The Bertz CT molecular complexity index is 1180. The zero-order valence-corrected chi connectivity index (χ0v) is 16.0. The minimum Gasteiger partial charge on any atom is -0.457 e. The van der Waals surface area contributed by atoms with Crippen LogP contribution in [0.1, 0.15) is 16.9 Å². The molecule has 1 fully saturated rings. The van der Waals surface area contributed by atoms with Gasteiger partial charge in [0.05, 0.1) is 11.5 Å². The Morgan fingerprint density at radius 2 is 1.87 bits per heavy atom. The molecule has 0 aliphatic carbocycles. The Kier molecular flexibility index (Phi) is 4.89. The van der Waals surface area contributed by atoms with Crippen molar-refractivity contribution >= 4 is 23.7 Å². The third-order valence-electron chi connectivity index (χ3n) is 4.75. The zero-order valence-electron chi connectivity index (χ0n) is 16.0. The van der Waals surface area contributed by atoms with Gasteiger partial charge in [0.25, 0.3) is 11.6 Å². The molecule has 30 heavy (non-hydrogen) atoms. The molecule has 0 unspecified atom stereocenters. The summed E-state index contributed by atoms with van der Waals surface area (Å²) in [5, 5.41) is 13.7. The number of amides is 3. The van der Waals surface area contributed by atoms with Crippen molar-refractivity contribution in [1.82, 2.24) is 10.2 Å². The fourth-order valence-electron chi connectivity index (χ4n) is 3.17. The van der Waals surface area contributed by atoms with Crippen molar-refractivity contribution in [2.24, 2.45) is 0 Å². The fourth-order valence-corrected chi connectivity index (χ4v) is 3.17. The molecule has 0 bridgehead atoms. The molecular formula is C22H17N3O5. The first kappa shape index (κ1) is 19.1. The summed E-state index contributed by atoms with van der Waals surface area (Å²) in [5.41, 5.74) is 2.04. The predicted octanol–water partition coefficient (Wildman–Crippen LogP) is 4.26. The summed E-state index contributed by atoms with van der Waals surface area (Å²) in [4.78, 5) is 36.7. The molecule has 3 aromatic rings. The highest BCUT2D eigenvalue weighted by Crippen LogP contribution is 2.29. The smallest absolute Gasteiger partial charge is 0.329 e. The number of nitrogens with zero attached hydrogens (tertiary/aromatic N) is 2. The van der Waals surface area contributed by atoms with Crippen LogP contribution in [0.5, 0.6) is 0 Å². The van der Waals surface area contributed by atoms with Gasteiger partial charge < -0.3 is 9.73 Å². The lowest BCUT2D eigenvalue weighted by molar-refractivity contribution is -0.385. The highest BCUT2D eigenvalue weighted by Gasteiger charge is 2.33. The van der Waals surface area contributed by atoms with Gasteiger partial charge in [0.15, 0.2) is 0 Å². The highest BCUT2D eigenvalue weighted by atomic mass is 16.6. The Balaban J connectivity index is 1.56. The molecule has 1 aliphatic heterocycles. The second-order valence-corrected chi connectivity index (χ2v) is 6.83. The first-order valence-electron chi connectivity index (χ1n) is 9.16. The number of carbonyl (C=O) groups is 2. The third-order valence-corrected chi connectivity index (χ3v) is 4.75. The van der Waals surface area contributed by atoms with Crippen molar-refractivity contribution < 1.29 is 18.9 Å². The van der Waals surface area contributed by atoms with Crippen molar-refractivity contribution in [3.05, 3.63) is 93.4 Å². The molecule has 0 atom stereocenters. The summed E-state index contributed by atoms with van der Waals surface area (Å²) in [6.07, 6.45) is 1.44. The minimum atomic E-state index is -0.504. The van der Waals surface area contributed by atoms with Crippen molar-refractivity contribution in [2.45, 2.75) is 13.5 Å². The van der Waals surface area contributed by atoms with E-state index in [1.165, 1.54) is 12.1 Å². The van der Waals surface area contributed by atoms with Gasteiger partial charge in [0, 0.05) is 23.3 Å². The SMILES string of the molecule is Cc1ccc(-c2ccc(/C=C3/NC(=O)N(Cc4ccccc4)C3=O)o2)cc1[N+](=O)[O-]. The van der Waals surface area contributed by atoms with Crippen LogP contribution < -0.4 is 5.32 Å².